The van der Waals surface area contributed by atoms with E-state index < -0.39 is 14.6 Å². The van der Waals surface area contributed by atoms with Gasteiger partial charge in [0.15, 0.2) is 0 Å². The Morgan fingerprint density at radius 3 is 2.52 bits per heavy atom. The van der Waals surface area contributed by atoms with Crippen molar-refractivity contribution in [3.63, 3.8) is 0 Å². The normalized spacial score (nSPS) is 11.8. The average Bonchev–Trinajstić information content (AvgIpc) is 2.55. The molecule has 0 fully saturated rings. The third kappa shape index (κ3) is 5.72. The number of hydrogen-bond acceptors (Lipinski definition) is 3. The Bertz CT molecular complexity index is 778. The molecular formula is C18H21ClN2O3Si. The van der Waals surface area contributed by atoms with E-state index in [1.165, 1.54) is 5.70 Å². The van der Waals surface area contributed by atoms with Crippen molar-refractivity contribution in [1.82, 2.24) is 0 Å². The molecule has 4 N–H and O–H groups in total. The zero-order valence-corrected chi connectivity index (χ0v) is 15.8. The first kappa shape index (κ1) is 19.2. The van der Waals surface area contributed by atoms with Crippen LogP contribution in [-0.4, -0.2) is 24.2 Å². The number of hydrogen-bond donors (Lipinski definition) is 4. The van der Waals surface area contributed by atoms with Crippen molar-refractivity contribution in [3.8, 4) is 0 Å². The van der Waals surface area contributed by atoms with Crippen LogP contribution in [0.15, 0.2) is 54.2 Å². The molecule has 0 aromatic heterocycles. The van der Waals surface area contributed by atoms with E-state index in [9.17, 15) is 14.4 Å². The first-order valence-corrected chi connectivity index (χ1v) is 10.3. The van der Waals surface area contributed by atoms with Crippen LogP contribution in [0.4, 0.5) is 16.2 Å². The van der Waals surface area contributed by atoms with Gasteiger partial charge in [0, 0.05) is 11.2 Å². The smallest absolute Gasteiger partial charge is 0.362 e. The van der Waals surface area contributed by atoms with Gasteiger partial charge in [-0.2, -0.15) is 0 Å². The maximum Gasteiger partial charge on any atom is 0.362 e. The molecule has 5 nitrogen and oxygen atoms in total. The van der Waals surface area contributed by atoms with Crippen molar-refractivity contribution in [2.45, 2.75) is 19.4 Å². The molecule has 0 aliphatic carbocycles. The molecule has 0 radical (unpaired) electrons. The van der Waals surface area contributed by atoms with Gasteiger partial charge in [0.05, 0.1) is 10.7 Å². The molecule has 0 unspecified atom stereocenters. The fourth-order valence-electron chi connectivity index (χ4n) is 1.98. The number of rotatable bonds is 5. The average molecular weight is 377 g/mol. The van der Waals surface area contributed by atoms with Crippen molar-refractivity contribution in [2.75, 3.05) is 10.6 Å². The molecule has 0 aliphatic heterocycles. The molecular weight excluding hydrogens is 356 g/mol. The number of anilines is 2. The second kappa shape index (κ2) is 8.31. The summed E-state index contributed by atoms with van der Waals surface area (Å²) in [5.74, 6) is 0. The Morgan fingerprint density at radius 2 is 1.84 bits per heavy atom. The molecule has 25 heavy (non-hydrogen) atoms. The topological polar surface area (TPSA) is 81.6 Å². The lowest BCUT2D eigenvalue weighted by atomic mass is 10.2. The molecule has 0 saturated carbocycles. The van der Waals surface area contributed by atoms with Crippen molar-refractivity contribution >= 4 is 43.6 Å². The highest BCUT2D eigenvalue weighted by atomic mass is 35.5. The van der Waals surface area contributed by atoms with Gasteiger partial charge in [0.2, 0.25) is 0 Å². The van der Waals surface area contributed by atoms with Crippen molar-refractivity contribution in [2.24, 2.45) is 0 Å². The predicted molar refractivity (Wildman–Crippen MR) is 105 cm³/mol. The third-order valence-electron chi connectivity index (χ3n) is 3.64. The molecule has 0 aliphatic rings. The fraction of sp³-hybridized carbons (Fsp3) is 0.167. The maximum atomic E-state index is 12.1. The van der Waals surface area contributed by atoms with Gasteiger partial charge in [-0.3, -0.25) is 0 Å². The number of carbonyl (C=O) groups is 1. The van der Waals surface area contributed by atoms with Crippen LogP contribution >= 0.6 is 11.6 Å². The van der Waals surface area contributed by atoms with Crippen molar-refractivity contribution in [1.29, 1.82) is 0 Å². The summed E-state index contributed by atoms with van der Waals surface area (Å²) in [7, 11) is -3.37. The quantitative estimate of drug-likeness (QED) is 0.585. The number of halogens is 1. The van der Waals surface area contributed by atoms with Gasteiger partial charge in [-0.15, -0.1) is 0 Å². The van der Waals surface area contributed by atoms with Crippen LogP contribution in [0.1, 0.15) is 19.4 Å². The van der Waals surface area contributed by atoms with E-state index in [1.54, 1.807) is 62.4 Å². The molecule has 2 aromatic rings. The molecule has 2 rings (SSSR count). The van der Waals surface area contributed by atoms with Gasteiger partial charge in [-0.05, 0) is 35.5 Å². The van der Waals surface area contributed by atoms with Crippen molar-refractivity contribution in [3.05, 3.63) is 64.8 Å². The lowest BCUT2D eigenvalue weighted by molar-refractivity contribution is 0.262. The Hall–Kier alpha value is -2.12. The van der Waals surface area contributed by atoms with E-state index in [0.717, 1.165) is 5.56 Å². The summed E-state index contributed by atoms with van der Waals surface area (Å²) in [5, 5.41) is 5.85. The lowest BCUT2D eigenvalue weighted by Crippen LogP contribution is -2.35. The molecule has 132 valence electrons. The van der Waals surface area contributed by atoms with Crippen molar-refractivity contribution < 1.29 is 14.4 Å². The minimum atomic E-state index is -3.37. The minimum absolute atomic E-state index is 0.202. The Morgan fingerprint density at radius 1 is 1.12 bits per heavy atom. The Kier molecular flexibility index (Phi) is 6.38. The molecule has 0 saturated heterocycles. The lowest BCUT2D eigenvalue weighted by Gasteiger charge is -2.17. The van der Waals surface area contributed by atoms with Gasteiger partial charge >= 0.3 is 14.6 Å². The van der Waals surface area contributed by atoms with Crippen LogP contribution in [0.25, 0.3) is 6.08 Å². The molecule has 0 bridgehead atoms. The van der Waals surface area contributed by atoms with Gasteiger partial charge in [-0.1, -0.05) is 55.8 Å². The summed E-state index contributed by atoms with van der Waals surface area (Å²) in [4.78, 5) is 32.0. The Balaban J connectivity index is 2.05. The van der Waals surface area contributed by atoms with Gasteiger partial charge in [-0.25, -0.2) is 4.79 Å². The molecule has 7 heteroatoms. The third-order valence-corrected chi connectivity index (χ3v) is 6.32. The van der Waals surface area contributed by atoms with E-state index in [0.29, 0.717) is 16.4 Å². The molecule has 2 amide bonds. The molecule has 2 aromatic carbocycles. The van der Waals surface area contributed by atoms with E-state index in [4.69, 9.17) is 11.6 Å². The SMILES string of the molecule is CC(C)[Si](O)(O)/C=C/c1cccc(NC(=O)Nc2ccccc2Cl)c1. The highest BCUT2D eigenvalue weighted by Crippen LogP contribution is 2.21. The highest BCUT2D eigenvalue weighted by molar-refractivity contribution is 6.72. The summed E-state index contributed by atoms with van der Waals surface area (Å²) in [5.41, 5.74) is 3.12. The first-order chi connectivity index (χ1) is 11.8. The van der Waals surface area contributed by atoms with E-state index in [-0.39, 0.29) is 5.54 Å². The maximum absolute atomic E-state index is 12.1. The number of para-hydroxylation sites is 1. The van der Waals surface area contributed by atoms with Crippen LogP contribution < -0.4 is 10.6 Å². The summed E-state index contributed by atoms with van der Waals surface area (Å²) < 4.78 is 0. The highest BCUT2D eigenvalue weighted by Gasteiger charge is 2.29. The zero-order valence-electron chi connectivity index (χ0n) is 14.0. The summed E-state index contributed by atoms with van der Waals surface area (Å²) >= 11 is 6.01. The number of amides is 2. The van der Waals surface area contributed by atoms with Crippen LogP contribution in [0.5, 0.6) is 0 Å². The van der Waals surface area contributed by atoms with E-state index in [2.05, 4.69) is 10.6 Å². The number of benzene rings is 2. The number of carbonyl (C=O) groups excluding carboxylic acids is 1. The minimum Gasteiger partial charge on any atom is -0.408 e. The largest absolute Gasteiger partial charge is 0.408 e. The van der Waals surface area contributed by atoms with Gasteiger partial charge in [0.25, 0.3) is 0 Å². The van der Waals surface area contributed by atoms with Crippen LogP contribution in [0, 0.1) is 0 Å². The van der Waals surface area contributed by atoms with Gasteiger partial charge in [0.1, 0.15) is 0 Å². The molecule has 0 spiro atoms. The molecule has 0 heterocycles. The van der Waals surface area contributed by atoms with E-state index >= 15 is 0 Å². The zero-order chi connectivity index (χ0) is 18.4. The van der Waals surface area contributed by atoms with Crippen LogP contribution in [0.3, 0.4) is 0 Å². The first-order valence-electron chi connectivity index (χ1n) is 7.84. The van der Waals surface area contributed by atoms with Crippen LogP contribution in [0.2, 0.25) is 10.6 Å². The fourth-order valence-corrected chi connectivity index (χ4v) is 2.98. The second-order valence-electron chi connectivity index (χ2n) is 5.96. The number of nitrogens with one attached hydrogen (secondary N) is 2. The predicted octanol–water partition coefficient (Wildman–Crippen LogP) is 4.37. The standard InChI is InChI=1S/C18H21ClN2O3Si/c1-13(2)25(23,24)11-10-14-6-5-7-15(12-14)20-18(22)21-17-9-4-3-8-16(17)19/h3-13,23-24H,1-2H3,(H2,20,21,22)/b11-10+. The summed E-state index contributed by atoms with van der Waals surface area (Å²) in [6.45, 7) is 3.54. The number of urea groups is 1. The Labute approximate surface area is 153 Å². The van der Waals surface area contributed by atoms with E-state index in [1.807, 2.05) is 6.07 Å². The van der Waals surface area contributed by atoms with Crippen LogP contribution in [-0.2, 0) is 0 Å². The monoisotopic (exact) mass is 376 g/mol. The van der Waals surface area contributed by atoms with Gasteiger partial charge < -0.3 is 20.2 Å². The molecule has 0 atom stereocenters. The summed E-state index contributed by atoms with van der Waals surface area (Å²) in [6, 6.07) is 13.6. The second-order valence-corrected chi connectivity index (χ2v) is 9.42. The summed E-state index contributed by atoms with van der Waals surface area (Å²) in [6.07, 6.45) is 1.66.